The lowest BCUT2D eigenvalue weighted by Gasteiger charge is -2.23. The minimum Gasteiger partial charge on any atom is -0.481 e. The number of alkyl halides is 3. The fraction of sp³-hybridized carbons (Fsp3) is 0.250. The van der Waals surface area contributed by atoms with E-state index in [1.807, 2.05) is 22.6 Å². The number of carboxylic acids is 1. The Balaban J connectivity index is 1.94. The molecule has 10 heteroatoms. The maximum absolute atomic E-state index is 12.9. The molecule has 2 amide bonds. The molecule has 1 heterocycles. The normalized spacial score (nSPS) is 14.5. The van der Waals surface area contributed by atoms with Gasteiger partial charge in [0.1, 0.15) is 6.54 Å². The van der Waals surface area contributed by atoms with Gasteiger partial charge in [0.15, 0.2) is 0 Å². The molecule has 2 aromatic rings. The highest BCUT2D eigenvalue weighted by Crippen LogP contribution is 2.31. The molecule has 1 aliphatic heterocycles. The lowest BCUT2D eigenvalue weighted by Crippen LogP contribution is -2.40. The van der Waals surface area contributed by atoms with Crippen LogP contribution in [0.1, 0.15) is 27.9 Å². The fourth-order valence-electron chi connectivity index (χ4n) is 3.11. The number of rotatable bonds is 5. The van der Waals surface area contributed by atoms with E-state index in [-0.39, 0.29) is 31.6 Å². The number of carbonyl (C=O) groups excluding carboxylic acids is 2. The van der Waals surface area contributed by atoms with E-state index in [4.69, 9.17) is 5.11 Å². The Labute approximate surface area is 183 Å². The van der Waals surface area contributed by atoms with Gasteiger partial charge in [-0.1, -0.05) is 12.1 Å². The number of hydrogen-bond donors (Lipinski definition) is 1. The van der Waals surface area contributed by atoms with Gasteiger partial charge in [0.05, 0.1) is 29.8 Å². The predicted molar refractivity (Wildman–Crippen MR) is 110 cm³/mol. The lowest BCUT2D eigenvalue weighted by molar-refractivity contribution is -0.138. The molecule has 0 atom stereocenters. The molecular formula is C20H16F3IN2O4. The standard InChI is InChI=1S/C20H16F3IN2O4/c21-20(22,23)13-3-1-12(2-4-13)10-26-16-6-5-14(24)9-15(16)19(30)25(11-17(26)27)8-7-18(28)29/h1-6,9H,7-8,10-11H2,(H,28,29). The van der Waals surface area contributed by atoms with Crippen LogP contribution in [-0.4, -0.2) is 40.9 Å². The molecule has 0 fully saturated rings. The van der Waals surface area contributed by atoms with Crippen molar-refractivity contribution in [3.8, 4) is 0 Å². The third-order valence-electron chi connectivity index (χ3n) is 4.61. The summed E-state index contributed by atoms with van der Waals surface area (Å²) in [5.74, 6) is -2.01. The smallest absolute Gasteiger partial charge is 0.416 e. The molecule has 0 aromatic heterocycles. The van der Waals surface area contributed by atoms with Crippen molar-refractivity contribution < 1.29 is 32.7 Å². The Morgan fingerprint density at radius 2 is 1.77 bits per heavy atom. The van der Waals surface area contributed by atoms with E-state index in [9.17, 15) is 27.6 Å². The third-order valence-corrected chi connectivity index (χ3v) is 5.28. The van der Waals surface area contributed by atoms with Crippen molar-refractivity contribution in [3.63, 3.8) is 0 Å². The topological polar surface area (TPSA) is 77.9 Å². The first-order valence-corrected chi connectivity index (χ1v) is 9.91. The van der Waals surface area contributed by atoms with Crippen molar-refractivity contribution in [2.24, 2.45) is 0 Å². The van der Waals surface area contributed by atoms with E-state index in [0.717, 1.165) is 15.7 Å². The minimum atomic E-state index is -4.46. The van der Waals surface area contributed by atoms with Gasteiger partial charge in [0, 0.05) is 10.1 Å². The maximum Gasteiger partial charge on any atom is 0.416 e. The zero-order valence-corrected chi connectivity index (χ0v) is 17.6. The summed E-state index contributed by atoms with van der Waals surface area (Å²) in [6, 6.07) is 9.39. The number of carbonyl (C=O) groups is 3. The van der Waals surface area contributed by atoms with Gasteiger partial charge in [-0.05, 0) is 58.5 Å². The fourth-order valence-corrected chi connectivity index (χ4v) is 3.60. The maximum atomic E-state index is 12.9. The first-order chi connectivity index (χ1) is 14.1. The second kappa shape index (κ2) is 8.62. The van der Waals surface area contributed by atoms with Gasteiger partial charge in [0.25, 0.3) is 5.91 Å². The van der Waals surface area contributed by atoms with E-state index in [1.165, 1.54) is 21.9 Å². The summed E-state index contributed by atoms with van der Waals surface area (Å²) in [5.41, 5.74) is 0.249. The SMILES string of the molecule is O=C(O)CCN1CC(=O)N(Cc2ccc(C(F)(F)F)cc2)c2ccc(I)cc2C1=O. The van der Waals surface area contributed by atoms with Crippen LogP contribution in [0.4, 0.5) is 18.9 Å². The van der Waals surface area contributed by atoms with Crippen LogP contribution in [0.3, 0.4) is 0 Å². The van der Waals surface area contributed by atoms with Crippen molar-refractivity contribution in [2.45, 2.75) is 19.1 Å². The zero-order chi connectivity index (χ0) is 22.1. The van der Waals surface area contributed by atoms with E-state index in [1.54, 1.807) is 18.2 Å². The van der Waals surface area contributed by atoms with Crippen molar-refractivity contribution in [2.75, 3.05) is 18.0 Å². The van der Waals surface area contributed by atoms with E-state index >= 15 is 0 Å². The molecule has 0 aliphatic carbocycles. The van der Waals surface area contributed by atoms with Gasteiger partial charge in [-0.25, -0.2) is 0 Å². The Bertz CT molecular complexity index is 993. The largest absolute Gasteiger partial charge is 0.481 e. The van der Waals surface area contributed by atoms with E-state index < -0.39 is 29.5 Å². The number of nitrogens with zero attached hydrogens (tertiary/aromatic N) is 2. The second-order valence-corrected chi connectivity index (χ2v) is 7.95. The lowest BCUT2D eigenvalue weighted by atomic mass is 10.1. The number of amides is 2. The van der Waals surface area contributed by atoms with Crippen LogP contribution in [0.5, 0.6) is 0 Å². The highest BCUT2D eigenvalue weighted by Gasteiger charge is 2.33. The first-order valence-electron chi connectivity index (χ1n) is 8.83. The number of carboxylic acid groups (broad SMARTS) is 1. The summed E-state index contributed by atoms with van der Waals surface area (Å²) < 4.78 is 39.1. The van der Waals surface area contributed by atoms with Gasteiger partial charge in [0.2, 0.25) is 5.91 Å². The number of hydrogen-bond acceptors (Lipinski definition) is 3. The number of halogens is 4. The molecule has 6 nitrogen and oxygen atoms in total. The number of benzene rings is 2. The second-order valence-electron chi connectivity index (χ2n) is 6.71. The summed E-state index contributed by atoms with van der Waals surface area (Å²) in [7, 11) is 0. The number of fused-ring (bicyclic) bond motifs is 1. The van der Waals surface area contributed by atoms with Gasteiger partial charge in [-0.2, -0.15) is 13.2 Å². The Hall–Kier alpha value is -2.63. The first kappa shape index (κ1) is 22.1. The molecule has 0 radical (unpaired) electrons. The van der Waals surface area contributed by atoms with Crippen molar-refractivity contribution >= 4 is 46.1 Å². The van der Waals surface area contributed by atoms with E-state index in [0.29, 0.717) is 11.3 Å². The molecule has 0 bridgehead atoms. The van der Waals surface area contributed by atoms with Crippen molar-refractivity contribution in [1.82, 2.24) is 4.90 Å². The van der Waals surface area contributed by atoms with Crippen molar-refractivity contribution in [1.29, 1.82) is 0 Å². The summed E-state index contributed by atoms with van der Waals surface area (Å²) >= 11 is 2.02. The molecule has 0 saturated carbocycles. The number of anilines is 1. The van der Waals surface area contributed by atoms with Crippen LogP contribution in [0.2, 0.25) is 0 Å². The molecule has 3 rings (SSSR count). The molecule has 2 aromatic carbocycles. The monoisotopic (exact) mass is 532 g/mol. The molecule has 0 saturated heterocycles. The zero-order valence-electron chi connectivity index (χ0n) is 15.4. The van der Waals surface area contributed by atoms with Crippen LogP contribution < -0.4 is 4.90 Å². The Morgan fingerprint density at radius 1 is 1.10 bits per heavy atom. The molecule has 1 aliphatic rings. The Morgan fingerprint density at radius 3 is 2.37 bits per heavy atom. The predicted octanol–water partition coefficient (Wildman–Crippen LogP) is 3.77. The number of aliphatic carboxylic acids is 1. The van der Waals surface area contributed by atoms with Gasteiger partial charge in [-0.3, -0.25) is 14.4 Å². The molecular weight excluding hydrogens is 516 g/mol. The molecule has 0 spiro atoms. The van der Waals surface area contributed by atoms with E-state index in [2.05, 4.69) is 0 Å². The van der Waals surface area contributed by atoms with Crippen LogP contribution >= 0.6 is 22.6 Å². The summed E-state index contributed by atoms with van der Waals surface area (Å²) in [6.45, 7) is -0.471. The molecule has 158 valence electrons. The molecule has 0 unspecified atom stereocenters. The van der Waals surface area contributed by atoms with Gasteiger partial charge in [-0.15, -0.1) is 0 Å². The average molecular weight is 532 g/mol. The van der Waals surface area contributed by atoms with Crippen LogP contribution in [0.15, 0.2) is 42.5 Å². The molecule has 30 heavy (non-hydrogen) atoms. The summed E-state index contributed by atoms with van der Waals surface area (Å²) in [6.07, 6.45) is -4.77. The Kier molecular flexibility index (Phi) is 6.34. The average Bonchev–Trinajstić information content (AvgIpc) is 2.76. The quantitative estimate of drug-likeness (QED) is 0.596. The minimum absolute atomic E-state index is 0.0232. The van der Waals surface area contributed by atoms with Crippen LogP contribution in [0.25, 0.3) is 0 Å². The summed E-state index contributed by atoms with van der Waals surface area (Å²) in [5, 5.41) is 8.92. The van der Waals surface area contributed by atoms with Gasteiger partial charge >= 0.3 is 12.1 Å². The summed E-state index contributed by atoms with van der Waals surface area (Å²) in [4.78, 5) is 39.2. The third kappa shape index (κ3) is 4.91. The highest BCUT2D eigenvalue weighted by atomic mass is 127. The van der Waals surface area contributed by atoms with Crippen LogP contribution in [-0.2, 0) is 22.3 Å². The van der Waals surface area contributed by atoms with Crippen LogP contribution in [0, 0.1) is 3.57 Å². The van der Waals surface area contributed by atoms with Gasteiger partial charge < -0.3 is 14.9 Å². The van der Waals surface area contributed by atoms with Crippen molar-refractivity contribution in [3.05, 3.63) is 62.7 Å². The molecule has 1 N–H and O–H groups in total. The highest BCUT2D eigenvalue weighted by molar-refractivity contribution is 14.1.